The smallest absolute Gasteiger partial charge is 0.232 e. The monoisotopic (exact) mass is 438 g/mol. The summed E-state index contributed by atoms with van der Waals surface area (Å²) in [5, 5.41) is 2.36. The van der Waals surface area contributed by atoms with Crippen molar-refractivity contribution in [3.63, 3.8) is 0 Å². The van der Waals surface area contributed by atoms with Crippen LogP contribution in [0.5, 0.6) is 0 Å². The number of fused-ring (bicyclic) bond motifs is 2. The average molecular weight is 439 g/mol. The van der Waals surface area contributed by atoms with Crippen LogP contribution in [0.3, 0.4) is 0 Å². The Morgan fingerprint density at radius 1 is 1.30 bits per heavy atom. The molecule has 4 aromatic rings. The van der Waals surface area contributed by atoms with Crippen molar-refractivity contribution in [3.05, 3.63) is 41.3 Å². The van der Waals surface area contributed by atoms with Crippen LogP contribution in [0, 0.1) is 0 Å². The SMILES string of the molecule is C[n+]1cccc2ncc(Sc3nc(N4CC(N)C4)c4c(Cl)c(C5CC5)[nH]c4n3)cc21. The number of halogens is 1. The molecule has 1 saturated carbocycles. The van der Waals surface area contributed by atoms with Gasteiger partial charge in [0.2, 0.25) is 5.52 Å². The van der Waals surface area contributed by atoms with Crippen LogP contribution in [0.25, 0.3) is 22.1 Å². The summed E-state index contributed by atoms with van der Waals surface area (Å²) in [6.45, 7) is 1.56. The minimum atomic E-state index is 0.177. The molecule has 2 aliphatic rings. The van der Waals surface area contributed by atoms with Crippen molar-refractivity contribution >= 4 is 51.2 Å². The summed E-state index contributed by atoms with van der Waals surface area (Å²) < 4.78 is 2.07. The van der Waals surface area contributed by atoms with Gasteiger partial charge in [0, 0.05) is 54.0 Å². The van der Waals surface area contributed by atoms with Gasteiger partial charge in [-0.1, -0.05) is 11.6 Å². The fraction of sp³-hybridized carbons (Fsp3) is 0.333. The van der Waals surface area contributed by atoms with E-state index >= 15 is 0 Å². The number of aryl methyl sites for hydroxylation is 1. The molecule has 6 rings (SSSR count). The van der Waals surface area contributed by atoms with Gasteiger partial charge in [0.1, 0.15) is 24.0 Å². The molecule has 1 aliphatic heterocycles. The Labute approximate surface area is 182 Å². The highest BCUT2D eigenvalue weighted by Gasteiger charge is 2.33. The van der Waals surface area contributed by atoms with E-state index in [1.54, 1.807) is 0 Å². The molecule has 0 spiro atoms. The Kier molecular flexibility index (Phi) is 4.16. The van der Waals surface area contributed by atoms with Crippen molar-refractivity contribution in [2.45, 2.75) is 34.9 Å². The summed E-state index contributed by atoms with van der Waals surface area (Å²) in [5.41, 5.74) is 9.96. The maximum atomic E-state index is 6.77. The molecule has 3 N–H and O–H groups in total. The van der Waals surface area contributed by atoms with Gasteiger partial charge in [-0.2, -0.15) is 4.57 Å². The first-order chi connectivity index (χ1) is 14.6. The summed E-state index contributed by atoms with van der Waals surface area (Å²) in [6, 6.07) is 6.31. The second-order valence-electron chi connectivity index (χ2n) is 8.14. The molecule has 0 unspecified atom stereocenters. The van der Waals surface area contributed by atoms with E-state index in [4.69, 9.17) is 27.3 Å². The minimum absolute atomic E-state index is 0.177. The summed E-state index contributed by atoms with van der Waals surface area (Å²) in [5.74, 6) is 1.38. The number of aromatic amines is 1. The minimum Gasteiger partial charge on any atom is -0.353 e. The summed E-state index contributed by atoms with van der Waals surface area (Å²) >= 11 is 8.28. The maximum Gasteiger partial charge on any atom is 0.232 e. The lowest BCUT2D eigenvalue weighted by Crippen LogP contribution is -2.56. The molecular weight excluding hydrogens is 418 g/mol. The lowest BCUT2D eigenvalue weighted by molar-refractivity contribution is -0.645. The highest BCUT2D eigenvalue weighted by molar-refractivity contribution is 7.99. The van der Waals surface area contributed by atoms with Crippen molar-refractivity contribution < 1.29 is 4.57 Å². The van der Waals surface area contributed by atoms with Crippen LogP contribution in [-0.4, -0.2) is 39.1 Å². The number of hydrogen-bond acceptors (Lipinski definition) is 6. The van der Waals surface area contributed by atoms with Crippen molar-refractivity contribution in [1.29, 1.82) is 0 Å². The van der Waals surface area contributed by atoms with Gasteiger partial charge in [-0.25, -0.2) is 15.0 Å². The number of pyridine rings is 2. The molecule has 7 nitrogen and oxygen atoms in total. The Balaban J connectivity index is 1.44. The van der Waals surface area contributed by atoms with Gasteiger partial charge < -0.3 is 15.6 Å². The van der Waals surface area contributed by atoms with Crippen molar-refractivity contribution in [3.8, 4) is 0 Å². The molecule has 0 radical (unpaired) electrons. The number of anilines is 1. The molecule has 5 heterocycles. The molecule has 1 saturated heterocycles. The predicted octanol–water partition coefficient (Wildman–Crippen LogP) is 3.16. The second-order valence-corrected chi connectivity index (χ2v) is 9.56. The van der Waals surface area contributed by atoms with E-state index in [9.17, 15) is 0 Å². The van der Waals surface area contributed by atoms with E-state index in [-0.39, 0.29) is 6.04 Å². The first kappa shape index (κ1) is 18.4. The number of nitrogens with zero attached hydrogens (tertiary/aromatic N) is 5. The molecule has 0 amide bonds. The van der Waals surface area contributed by atoms with E-state index in [1.807, 2.05) is 31.6 Å². The fourth-order valence-electron chi connectivity index (χ4n) is 4.01. The Morgan fingerprint density at radius 3 is 2.90 bits per heavy atom. The normalized spacial score (nSPS) is 17.1. The molecular formula is C21H21ClN7S+. The zero-order valence-corrected chi connectivity index (χ0v) is 18.0. The van der Waals surface area contributed by atoms with E-state index in [0.717, 1.165) is 56.6 Å². The summed E-state index contributed by atoms with van der Waals surface area (Å²) in [7, 11) is 2.02. The molecule has 9 heteroatoms. The molecule has 30 heavy (non-hydrogen) atoms. The van der Waals surface area contributed by atoms with E-state index in [0.29, 0.717) is 11.1 Å². The van der Waals surface area contributed by atoms with Crippen LogP contribution in [0.4, 0.5) is 5.82 Å². The lowest BCUT2D eigenvalue weighted by atomic mass is 10.1. The quantitative estimate of drug-likeness (QED) is 0.376. The first-order valence-corrected chi connectivity index (χ1v) is 11.3. The predicted molar refractivity (Wildman–Crippen MR) is 118 cm³/mol. The maximum absolute atomic E-state index is 6.77. The Morgan fingerprint density at radius 2 is 2.13 bits per heavy atom. The van der Waals surface area contributed by atoms with Gasteiger partial charge >= 0.3 is 0 Å². The highest BCUT2D eigenvalue weighted by atomic mass is 35.5. The molecule has 0 aromatic carbocycles. The zero-order valence-electron chi connectivity index (χ0n) is 16.5. The highest BCUT2D eigenvalue weighted by Crippen LogP contribution is 2.47. The molecule has 4 aromatic heterocycles. The topological polar surface area (TPSA) is 87.6 Å². The fourth-order valence-corrected chi connectivity index (χ4v) is 5.14. The van der Waals surface area contributed by atoms with Gasteiger partial charge in [0.25, 0.3) is 0 Å². The van der Waals surface area contributed by atoms with Gasteiger partial charge in [-0.15, -0.1) is 0 Å². The van der Waals surface area contributed by atoms with Crippen LogP contribution in [0.1, 0.15) is 24.5 Å². The van der Waals surface area contributed by atoms with Crippen LogP contribution in [0.15, 0.2) is 40.6 Å². The third kappa shape index (κ3) is 3.02. The van der Waals surface area contributed by atoms with Gasteiger partial charge in [0.05, 0.1) is 10.4 Å². The lowest BCUT2D eigenvalue weighted by Gasteiger charge is -2.38. The van der Waals surface area contributed by atoms with Crippen LogP contribution < -0.4 is 15.2 Å². The zero-order chi connectivity index (χ0) is 20.4. The van der Waals surface area contributed by atoms with Gasteiger partial charge in [-0.3, -0.25) is 0 Å². The Hall–Kier alpha value is -2.42. The molecule has 0 atom stereocenters. The molecule has 1 aliphatic carbocycles. The number of nitrogens with one attached hydrogen (secondary N) is 1. The van der Waals surface area contributed by atoms with Gasteiger partial charge in [-0.05, 0) is 30.7 Å². The first-order valence-electron chi connectivity index (χ1n) is 10.1. The average Bonchev–Trinajstić information content (AvgIpc) is 3.50. The van der Waals surface area contributed by atoms with Gasteiger partial charge in [0.15, 0.2) is 11.4 Å². The summed E-state index contributed by atoms with van der Waals surface area (Å²) in [4.78, 5) is 20.9. The number of rotatable bonds is 4. The van der Waals surface area contributed by atoms with Crippen molar-refractivity contribution in [2.75, 3.05) is 18.0 Å². The van der Waals surface area contributed by atoms with E-state index < -0.39 is 0 Å². The van der Waals surface area contributed by atoms with E-state index in [2.05, 4.69) is 25.5 Å². The third-order valence-electron chi connectivity index (χ3n) is 5.80. The third-order valence-corrected chi connectivity index (χ3v) is 7.02. The summed E-state index contributed by atoms with van der Waals surface area (Å²) in [6.07, 6.45) is 6.24. The number of H-pyrrole nitrogens is 1. The molecule has 152 valence electrons. The van der Waals surface area contributed by atoms with Crippen LogP contribution >= 0.6 is 23.4 Å². The molecule has 0 bridgehead atoms. The number of hydrogen-bond donors (Lipinski definition) is 2. The van der Waals surface area contributed by atoms with Crippen molar-refractivity contribution in [1.82, 2.24) is 19.9 Å². The standard InChI is InChI=1S/C21H21ClN7S/c1-28-6-2-3-14-15(28)7-13(8-24-14)30-21-26-19-16(17(22)18(25-19)11-4-5-11)20(27-21)29-9-12(23)10-29/h2-3,6-8,11-12H,4-5,9-10,23H2,1H3,(H,25,26,27)/q+1. The Bertz CT molecular complexity index is 1290. The van der Waals surface area contributed by atoms with Crippen LogP contribution in [0.2, 0.25) is 5.02 Å². The number of nitrogens with two attached hydrogens (primary N) is 1. The van der Waals surface area contributed by atoms with Crippen LogP contribution in [-0.2, 0) is 7.05 Å². The van der Waals surface area contributed by atoms with E-state index in [1.165, 1.54) is 24.6 Å². The van der Waals surface area contributed by atoms with Crippen molar-refractivity contribution in [2.24, 2.45) is 12.8 Å². The number of aromatic nitrogens is 5. The molecule has 2 fully saturated rings. The largest absolute Gasteiger partial charge is 0.353 e. The second kappa shape index (κ2) is 6.80.